The number of Topliss-reactive ketones (excluding diaryl/α,β-unsaturated/α-hetero) is 1. The molecule has 1 aromatic rings. The van der Waals surface area contributed by atoms with E-state index in [2.05, 4.69) is 16.0 Å². The van der Waals surface area contributed by atoms with E-state index >= 15 is 0 Å². The van der Waals surface area contributed by atoms with Gasteiger partial charge in [0.1, 0.15) is 18.6 Å². The molecule has 2 rings (SSSR count). The Labute approximate surface area is 216 Å². The highest BCUT2D eigenvalue weighted by Crippen LogP contribution is 2.27. The molecule has 1 fully saturated rings. The molecule has 1 unspecified atom stereocenters. The van der Waals surface area contributed by atoms with E-state index in [4.69, 9.17) is 13.0 Å². The lowest BCUT2D eigenvalue weighted by Crippen LogP contribution is -2.55. The number of carbonyl (C=O) groups is 6. The number of benzene rings is 1. The van der Waals surface area contributed by atoms with Gasteiger partial charge in [-0.3, -0.25) is 28.8 Å². The molecule has 5 N–H and O–H groups in total. The van der Waals surface area contributed by atoms with Gasteiger partial charge in [0.05, 0.1) is 6.04 Å². The number of hydrogen-bond acceptors (Lipinski definition) is 6. The minimum absolute atomic E-state index is 0.119. The maximum absolute atomic E-state index is 13.4. The van der Waals surface area contributed by atoms with Gasteiger partial charge in [-0.15, -0.1) is 0 Å². The maximum atomic E-state index is 13.4. The summed E-state index contributed by atoms with van der Waals surface area (Å²) in [7, 11) is 5.32. The van der Waals surface area contributed by atoms with Gasteiger partial charge in [0, 0.05) is 0 Å². The summed E-state index contributed by atoms with van der Waals surface area (Å²) in [6.45, 7) is 1.01. The van der Waals surface area contributed by atoms with Gasteiger partial charge >= 0.3 is 5.97 Å². The summed E-state index contributed by atoms with van der Waals surface area (Å²) in [5.74, 6) is -5.78. The quantitative estimate of drug-likeness (QED) is 0.192. The zero-order valence-electron chi connectivity index (χ0n) is 20.8. The fraction of sp³-hybridized carbons (Fsp3) is 0.520. The molecule has 1 aliphatic rings. The molecule has 12 heteroatoms. The van der Waals surface area contributed by atoms with E-state index in [9.17, 15) is 28.8 Å². The van der Waals surface area contributed by atoms with Gasteiger partial charge < -0.3 is 26.4 Å². The number of hydrogen-bond donors (Lipinski definition) is 5. The van der Waals surface area contributed by atoms with Gasteiger partial charge in [0.25, 0.3) is 5.91 Å². The second-order valence-electron chi connectivity index (χ2n) is 9.03. The monoisotopic (exact) mass is 512 g/mol. The Balaban J connectivity index is 2.25. The minimum Gasteiger partial charge on any atom is -0.480 e. The molecular formula is C25H33BN4O7. The van der Waals surface area contributed by atoms with Crippen molar-refractivity contribution in [2.45, 2.75) is 70.0 Å². The number of rotatable bonds is 13. The predicted molar refractivity (Wildman–Crippen MR) is 134 cm³/mol. The molecular weight excluding hydrogens is 479 g/mol. The van der Waals surface area contributed by atoms with Crippen molar-refractivity contribution in [1.29, 1.82) is 0 Å². The first-order chi connectivity index (χ1) is 17.6. The van der Waals surface area contributed by atoms with Crippen LogP contribution in [0.5, 0.6) is 0 Å². The van der Waals surface area contributed by atoms with E-state index in [1.807, 2.05) is 5.32 Å². The van der Waals surface area contributed by atoms with E-state index in [1.54, 1.807) is 37.3 Å². The first-order valence-corrected chi connectivity index (χ1v) is 12.4. The van der Waals surface area contributed by atoms with Gasteiger partial charge in [0.2, 0.25) is 25.4 Å². The summed E-state index contributed by atoms with van der Waals surface area (Å²) in [4.78, 5) is 73.8. The zero-order chi connectivity index (χ0) is 27.4. The molecule has 0 saturated heterocycles. The third-order valence-corrected chi connectivity index (χ3v) is 6.22. The molecule has 0 aliphatic heterocycles. The highest BCUT2D eigenvalue weighted by atomic mass is 16.4. The summed E-state index contributed by atoms with van der Waals surface area (Å²) < 4.78 is 0. The standard InChI is InChI=1S/C25H33BN4O7/c1-2-9-17(21(33)24(36)27-14-18(31)32)28-22(34)19(15-10-5-3-6-11-15)29-23(35)20(30-25(26)37)16-12-7-4-8-13-16/h3,5-6,10-11,16-17,19-20H,2,4,7-9,12-14H2,1H3,(H,27,36)(H,28,34)(H,29,35)(H,30,37)(H,31,32)/t17?,19-,20-/m0/s1. The number of ketones is 1. The van der Waals surface area contributed by atoms with Crippen LogP contribution in [0.4, 0.5) is 4.79 Å². The second kappa shape index (κ2) is 14.8. The van der Waals surface area contributed by atoms with E-state index in [0.29, 0.717) is 12.0 Å². The Kier molecular flexibility index (Phi) is 11.8. The van der Waals surface area contributed by atoms with Crippen LogP contribution in [-0.2, 0) is 24.0 Å². The van der Waals surface area contributed by atoms with Crippen LogP contribution in [0.1, 0.15) is 63.5 Å². The summed E-state index contributed by atoms with van der Waals surface area (Å²) in [5.41, 5.74) is 0.424. The number of amides is 4. The molecule has 0 heterocycles. The van der Waals surface area contributed by atoms with Crippen molar-refractivity contribution < 1.29 is 33.9 Å². The lowest BCUT2D eigenvalue weighted by Gasteiger charge is -2.31. The average molecular weight is 512 g/mol. The molecule has 198 valence electrons. The van der Waals surface area contributed by atoms with Crippen molar-refractivity contribution in [2.75, 3.05) is 6.54 Å². The van der Waals surface area contributed by atoms with Crippen molar-refractivity contribution >= 4 is 43.1 Å². The van der Waals surface area contributed by atoms with Crippen LogP contribution in [0.3, 0.4) is 0 Å². The molecule has 1 saturated carbocycles. The topological polar surface area (TPSA) is 171 Å². The van der Waals surface area contributed by atoms with Crippen LogP contribution < -0.4 is 21.3 Å². The number of carboxylic acids is 1. The van der Waals surface area contributed by atoms with Crippen LogP contribution in [0, 0.1) is 5.92 Å². The minimum atomic E-state index is -1.32. The second-order valence-corrected chi connectivity index (χ2v) is 9.03. The lowest BCUT2D eigenvalue weighted by atomic mass is 9.83. The molecule has 37 heavy (non-hydrogen) atoms. The van der Waals surface area contributed by atoms with E-state index < -0.39 is 60.0 Å². The van der Waals surface area contributed by atoms with Crippen LogP contribution in [-0.4, -0.2) is 66.9 Å². The maximum Gasteiger partial charge on any atom is 0.322 e. The Morgan fingerprint density at radius 1 is 0.946 bits per heavy atom. The van der Waals surface area contributed by atoms with Gasteiger partial charge in [0.15, 0.2) is 5.81 Å². The van der Waals surface area contributed by atoms with Gasteiger partial charge in [-0.05, 0) is 30.7 Å². The Hall–Kier alpha value is -3.70. The molecule has 3 atom stereocenters. The van der Waals surface area contributed by atoms with Crippen molar-refractivity contribution in [2.24, 2.45) is 5.92 Å². The third kappa shape index (κ3) is 9.36. The molecule has 2 radical (unpaired) electrons. The largest absolute Gasteiger partial charge is 0.480 e. The first kappa shape index (κ1) is 29.5. The summed E-state index contributed by atoms with van der Waals surface area (Å²) in [6.07, 6.45) is 4.85. The summed E-state index contributed by atoms with van der Waals surface area (Å²) in [6, 6.07) is 4.93. The Morgan fingerprint density at radius 3 is 2.16 bits per heavy atom. The highest BCUT2D eigenvalue weighted by Gasteiger charge is 2.35. The zero-order valence-corrected chi connectivity index (χ0v) is 20.8. The number of carbonyl (C=O) groups excluding carboxylic acids is 5. The van der Waals surface area contributed by atoms with Crippen LogP contribution in [0.2, 0.25) is 0 Å². The lowest BCUT2D eigenvalue weighted by molar-refractivity contribution is -0.143. The van der Waals surface area contributed by atoms with Crippen molar-refractivity contribution in [3.05, 3.63) is 35.9 Å². The van der Waals surface area contributed by atoms with Gasteiger partial charge in [-0.1, -0.05) is 62.9 Å². The predicted octanol–water partition coefficient (Wildman–Crippen LogP) is 0.726. The van der Waals surface area contributed by atoms with Crippen molar-refractivity contribution in [1.82, 2.24) is 21.3 Å². The summed E-state index contributed by atoms with van der Waals surface area (Å²) >= 11 is 0. The molecule has 0 aromatic heterocycles. The van der Waals surface area contributed by atoms with Crippen LogP contribution >= 0.6 is 0 Å². The number of aliphatic carboxylic acids is 1. The van der Waals surface area contributed by atoms with E-state index in [1.165, 1.54) is 0 Å². The fourth-order valence-electron chi connectivity index (χ4n) is 4.41. The summed E-state index contributed by atoms with van der Waals surface area (Å²) in [5, 5.41) is 18.4. The van der Waals surface area contributed by atoms with Crippen molar-refractivity contribution in [3.8, 4) is 0 Å². The number of carboxylic acid groups (broad SMARTS) is 1. The SMILES string of the molecule is [B]C(=O)N[C@H](C(=O)N[C@H](C(=O)NC(CCC)C(=O)C(=O)NCC(=O)O)c1ccccc1)C1CCCCC1. The Morgan fingerprint density at radius 2 is 1.59 bits per heavy atom. The number of nitrogens with one attached hydrogen (secondary N) is 4. The van der Waals surface area contributed by atoms with Gasteiger partial charge in [-0.2, -0.15) is 0 Å². The highest BCUT2D eigenvalue weighted by molar-refractivity contribution is 6.57. The molecule has 11 nitrogen and oxygen atoms in total. The smallest absolute Gasteiger partial charge is 0.322 e. The average Bonchev–Trinajstić information content (AvgIpc) is 2.88. The molecule has 0 bridgehead atoms. The molecule has 1 aromatic carbocycles. The van der Waals surface area contributed by atoms with E-state index in [0.717, 1.165) is 32.1 Å². The van der Waals surface area contributed by atoms with Crippen LogP contribution in [0.25, 0.3) is 0 Å². The molecule has 1 aliphatic carbocycles. The van der Waals surface area contributed by atoms with Crippen LogP contribution in [0.15, 0.2) is 30.3 Å². The first-order valence-electron chi connectivity index (χ1n) is 12.4. The molecule has 4 amide bonds. The fourth-order valence-corrected chi connectivity index (χ4v) is 4.41. The molecule has 0 spiro atoms. The van der Waals surface area contributed by atoms with Gasteiger partial charge in [-0.25, -0.2) is 0 Å². The van der Waals surface area contributed by atoms with Crippen molar-refractivity contribution in [3.63, 3.8) is 0 Å². The van der Waals surface area contributed by atoms with E-state index in [-0.39, 0.29) is 12.3 Å². The normalized spacial score (nSPS) is 15.9. The third-order valence-electron chi connectivity index (χ3n) is 6.22. The Bertz CT molecular complexity index is 983.